The largest absolute Gasteiger partial charge is 0.460 e. The summed E-state index contributed by atoms with van der Waals surface area (Å²) in [4.78, 5) is 51.6. The van der Waals surface area contributed by atoms with Gasteiger partial charge in [0.25, 0.3) is 0 Å². The van der Waals surface area contributed by atoms with Gasteiger partial charge < -0.3 is 19.5 Å². The molecule has 0 amide bonds. The first kappa shape index (κ1) is 37.8. The van der Waals surface area contributed by atoms with Gasteiger partial charge in [-0.2, -0.15) is 0 Å². The molecule has 0 saturated carbocycles. The van der Waals surface area contributed by atoms with Gasteiger partial charge in [-0.05, 0) is 106 Å². The van der Waals surface area contributed by atoms with Crippen molar-refractivity contribution < 1.29 is 33.4 Å². The molecule has 0 radical (unpaired) electrons. The number of carbonyl (C=O) groups excluding carboxylic acids is 4. The van der Waals surface area contributed by atoms with Crippen LogP contribution in [0, 0.1) is 11.8 Å². The number of hydrogen-bond donors (Lipinski definition) is 1. The maximum atomic E-state index is 13.2. The first-order valence-corrected chi connectivity index (χ1v) is 15.7. The van der Waals surface area contributed by atoms with Gasteiger partial charge in [0.05, 0.1) is 11.8 Å². The number of esters is 3. The molecule has 238 valence electrons. The van der Waals surface area contributed by atoms with E-state index in [4.69, 9.17) is 14.2 Å². The standard InChI is InChI=1S/C33H52BrNO7/c1-31(2,3)40-28(37)18-15-25(30(39)42-33(7,8)9)21-27(36)20-24(29(38)41-32(4,5)6)12-10-11-19-35-22-23-13-16-26(34)17-14-23/h13-14,16-17,24-25,35H,10-12,15,18-22H2,1-9H3/t24-,25-/m1/s1. The minimum Gasteiger partial charge on any atom is -0.460 e. The van der Waals surface area contributed by atoms with Gasteiger partial charge in [0.1, 0.15) is 22.6 Å². The number of unbranched alkanes of at least 4 members (excludes halogenated alkanes) is 1. The number of rotatable bonds is 16. The highest BCUT2D eigenvalue weighted by Gasteiger charge is 2.32. The minimum atomic E-state index is -0.814. The third-order valence-corrected chi connectivity index (χ3v) is 6.47. The van der Waals surface area contributed by atoms with Crippen molar-refractivity contribution in [2.24, 2.45) is 11.8 Å². The Morgan fingerprint density at radius 3 is 1.67 bits per heavy atom. The first-order valence-electron chi connectivity index (χ1n) is 14.9. The van der Waals surface area contributed by atoms with E-state index in [0.29, 0.717) is 6.42 Å². The predicted molar refractivity (Wildman–Crippen MR) is 168 cm³/mol. The number of carbonyl (C=O) groups is 4. The molecule has 0 bridgehead atoms. The molecule has 0 aliphatic heterocycles. The highest BCUT2D eigenvalue weighted by molar-refractivity contribution is 9.10. The van der Waals surface area contributed by atoms with Gasteiger partial charge in [0.15, 0.2) is 0 Å². The lowest BCUT2D eigenvalue weighted by Gasteiger charge is -2.25. The number of nitrogens with one attached hydrogen (secondary N) is 1. The lowest BCUT2D eigenvalue weighted by atomic mass is 9.90. The molecule has 42 heavy (non-hydrogen) atoms. The molecular formula is C33H52BrNO7. The molecule has 2 atom stereocenters. The molecule has 0 fully saturated rings. The third kappa shape index (κ3) is 18.3. The fraction of sp³-hybridized carbons (Fsp3) is 0.697. The van der Waals surface area contributed by atoms with Crippen molar-refractivity contribution in [1.82, 2.24) is 5.32 Å². The molecule has 0 unspecified atom stereocenters. The molecule has 0 aliphatic carbocycles. The summed E-state index contributed by atoms with van der Waals surface area (Å²) in [7, 11) is 0. The predicted octanol–water partition coefficient (Wildman–Crippen LogP) is 7.10. The lowest BCUT2D eigenvalue weighted by molar-refractivity contribution is -0.162. The topological polar surface area (TPSA) is 108 Å². The summed E-state index contributed by atoms with van der Waals surface area (Å²) in [6, 6.07) is 8.12. The number of ketones is 1. The van der Waals surface area contributed by atoms with Crippen molar-refractivity contribution >= 4 is 39.6 Å². The molecule has 1 aromatic rings. The lowest BCUT2D eigenvalue weighted by Crippen LogP contribution is -2.32. The average Bonchev–Trinajstić information content (AvgIpc) is 2.80. The Hall–Kier alpha value is -2.26. The quantitative estimate of drug-likeness (QED) is 0.114. The summed E-state index contributed by atoms with van der Waals surface area (Å²) in [6.45, 7) is 17.5. The molecule has 1 N–H and O–H groups in total. The van der Waals surface area contributed by atoms with E-state index in [9.17, 15) is 19.2 Å². The Morgan fingerprint density at radius 2 is 1.19 bits per heavy atom. The normalized spacial score (nSPS) is 13.7. The van der Waals surface area contributed by atoms with E-state index in [1.54, 1.807) is 62.3 Å². The van der Waals surface area contributed by atoms with Gasteiger partial charge in [0, 0.05) is 30.3 Å². The number of hydrogen-bond acceptors (Lipinski definition) is 8. The van der Waals surface area contributed by atoms with E-state index in [1.165, 1.54) is 5.56 Å². The number of ether oxygens (including phenoxy) is 3. The molecule has 0 saturated heterocycles. The van der Waals surface area contributed by atoms with Gasteiger partial charge in [-0.25, -0.2) is 0 Å². The van der Waals surface area contributed by atoms with Gasteiger partial charge in [-0.1, -0.05) is 34.5 Å². The zero-order valence-electron chi connectivity index (χ0n) is 27.1. The second-order valence-corrected chi connectivity index (χ2v) is 14.7. The summed E-state index contributed by atoms with van der Waals surface area (Å²) in [5.41, 5.74) is -0.892. The van der Waals surface area contributed by atoms with Gasteiger partial charge in [-0.3, -0.25) is 19.2 Å². The van der Waals surface area contributed by atoms with E-state index in [1.807, 2.05) is 12.1 Å². The fourth-order valence-electron chi connectivity index (χ4n) is 4.17. The molecule has 0 heterocycles. The van der Waals surface area contributed by atoms with E-state index in [0.717, 1.165) is 30.4 Å². The Balaban J connectivity index is 2.80. The Labute approximate surface area is 261 Å². The molecule has 1 aromatic carbocycles. The molecule has 9 heteroatoms. The summed E-state index contributed by atoms with van der Waals surface area (Å²) < 4.78 is 17.6. The summed E-state index contributed by atoms with van der Waals surface area (Å²) in [5.74, 6) is -3.06. The van der Waals surface area contributed by atoms with Crippen molar-refractivity contribution in [2.75, 3.05) is 6.54 Å². The number of halogens is 1. The summed E-state index contributed by atoms with van der Waals surface area (Å²) >= 11 is 3.44. The molecule has 0 aliphatic rings. The average molecular weight is 655 g/mol. The monoisotopic (exact) mass is 653 g/mol. The van der Waals surface area contributed by atoms with Crippen LogP contribution in [0.25, 0.3) is 0 Å². The second kappa shape index (κ2) is 17.1. The Morgan fingerprint density at radius 1 is 0.714 bits per heavy atom. The van der Waals surface area contributed by atoms with Crippen LogP contribution in [-0.4, -0.2) is 47.0 Å². The van der Waals surface area contributed by atoms with E-state index in [2.05, 4.69) is 33.4 Å². The van der Waals surface area contributed by atoms with Crippen molar-refractivity contribution in [1.29, 1.82) is 0 Å². The molecule has 8 nitrogen and oxygen atoms in total. The maximum Gasteiger partial charge on any atom is 0.309 e. The van der Waals surface area contributed by atoms with E-state index in [-0.39, 0.29) is 31.5 Å². The van der Waals surface area contributed by atoms with Gasteiger partial charge in [-0.15, -0.1) is 0 Å². The molecule has 1 rings (SSSR count). The van der Waals surface area contributed by atoms with Crippen molar-refractivity contribution in [3.8, 4) is 0 Å². The van der Waals surface area contributed by atoms with E-state index >= 15 is 0 Å². The molecule has 0 aromatic heterocycles. The zero-order chi connectivity index (χ0) is 32.1. The third-order valence-electron chi connectivity index (χ3n) is 5.94. The van der Waals surface area contributed by atoms with Crippen LogP contribution in [0.5, 0.6) is 0 Å². The number of Topliss-reactive ketones (excluding diaryl/α,β-unsaturated/α-hetero) is 1. The summed E-state index contributed by atoms with van der Waals surface area (Å²) in [5, 5.41) is 3.41. The fourth-order valence-corrected chi connectivity index (χ4v) is 4.43. The first-order chi connectivity index (χ1) is 19.2. The van der Waals surface area contributed by atoms with Crippen molar-refractivity contribution in [3.63, 3.8) is 0 Å². The maximum absolute atomic E-state index is 13.2. The van der Waals surface area contributed by atoms with Crippen LogP contribution in [0.3, 0.4) is 0 Å². The van der Waals surface area contributed by atoms with Gasteiger partial charge >= 0.3 is 17.9 Å². The highest BCUT2D eigenvalue weighted by Crippen LogP contribution is 2.25. The van der Waals surface area contributed by atoms with Crippen LogP contribution in [0.2, 0.25) is 0 Å². The van der Waals surface area contributed by atoms with Crippen LogP contribution in [0.1, 0.15) is 113 Å². The molecular weight excluding hydrogens is 602 g/mol. The van der Waals surface area contributed by atoms with Crippen LogP contribution in [0.4, 0.5) is 0 Å². The summed E-state index contributed by atoms with van der Waals surface area (Å²) in [6.07, 6.45) is 2.02. The van der Waals surface area contributed by atoms with E-state index < -0.39 is 46.5 Å². The Bertz CT molecular complexity index is 1020. The molecule has 0 spiro atoms. The van der Waals surface area contributed by atoms with Crippen LogP contribution >= 0.6 is 15.9 Å². The van der Waals surface area contributed by atoms with Crippen LogP contribution < -0.4 is 5.32 Å². The smallest absolute Gasteiger partial charge is 0.309 e. The SMILES string of the molecule is CC(C)(C)OC(=O)CC[C@H](CC(=O)C[C@@H](CCCCNCc1ccc(Br)cc1)C(=O)OC(C)(C)C)C(=O)OC(C)(C)C. The van der Waals surface area contributed by atoms with Crippen LogP contribution in [0.15, 0.2) is 28.7 Å². The second-order valence-electron chi connectivity index (χ2n) is 13.8. The van der Waals surface area contributed by atoms with Crippen LogP contribution in [-0.2, 0) is 39.9 Å². The zero-order valence-corrected chi connectivity index (χ0v) is 28.6. The van der Waals surface area contributed by atoms with Gasteiger partial charge in [0.2, 0.25) is 0 Å². The highest BCUT2D eigenvalue weighted by atomic mass is 79.9. The Kier molecular flexibility index (Phi) is 15.4. The minimum absolute atomic E-state index is 0.0167. The van der Waals surface area contributed by atoms with Crippen molar-refractivity contribution in [2.45, 2.75) is 131 Å². The van der Waals surface area contributed by atoms with Crippen molar-refractivity contribution in [3.05, 3.63) is 34.3 Å². The number of benzene rings is 1.